The van der Waals surface area contributed by atoms with E-state index in [0.29, 0.717) is 24.8 Å². The van der Waals surface area contributed by atoms with Gasteiger partial charge in [0.2, 0.25) is 5.88 Å². The first kappa shape index (κ1) is 20.5. The predicted octanol–water partition coefficient (Wildman–Crippen LogP) is 3.67. The van der Waals surface area contributed by atoms with Crippen LogP contribution in [0.25, 0.3) is 0 Å². The van der Waals surface area contributed by atoms with Gasteiger partial charge in [0.25, 0.3) is 0 Å². The molecule has 1 atom stereocenters. The molecular weight excluding hydrogens is 349 g/mol. The van der Waals surface area contributed by atoms with E-state index in [4.69, 9.17) is 9.47 Å². The molecule has 2 amide bonds. The minimum atomic E-state index is -0.318. The number of hydrogen-bond acceptors (Lipinski definition) is 4. The SMILES string of the molecule is CCCCOc1ncccc1CNC(=O)NC(C)COc1ccc(F)cc1. The zero-order valence-electron chi connectivity index (χ0n) is 15.7. The zero-order chi connectivity index (χ0) is 19.5. The molecule has 2 aromatic rings. The maximum Gasteiger partial charge on any atom is 0.315 e. The number of hydrogen-bond donors (Lipinski definition) is 2. The van der Waals surface area contributed by atoms with Gasteiger partial charge in [0.15, 0.2) is 0 Å². The molecule has 0 saturated carbocycles. The molecule has 146 valence electrons. The average molecular weight is 375 g/mol. The van der Waals surface area contributed by atoms with Gasteiger partial charge in [-0.15, -0.1) is 0 Å². The first-order chi connectivity index (χ1) is 13.1. The Hall–Kier alpha value is -2.83. The lowest BCUT2D eigenvalue weighted by Gasteiger charge is -2.16. The fraction of sp³-hybridized carbons (Fsp3) is 0.400. The van der Waals surface area contributed by atoms with Crippen LogP contribution in [0.5, 0.6) is 11.6 Å². The van der Waals surface area contributed by atoms with E-state index >= 15 is 0 Å². The summed E-state index contributed by atoms with van der Waals surface area (Å²) in [7, 11) is 0. The van der Waals surface area contributed by atoms with Crippen molar-refractivity contribution < 1.29 is 18.7 Å². The Bertz CT molecular complexity index is 710. The van der Waals surface area contributed by atoms with Crippen LogP contribution in [0.1, 0.15) is 32.3 Å². The molecule has 0 spiro atoms. The maximum atomic E-state index is 12.9. The van der Waals surface area contributed by atoms with Crippen molar-refractivity contribution in [2.24, 2.45) is 0 Å². The highest BCUT2D eigenvalue weighted by Gasteiger charge is 2.10. The van der Waals surface area contributed by atoms with Crippen LogP contribution in [0.3, 0.4) is 0 Å². The fourth-order valence-electron chi connectivity index (χ4n) is 2.25. The van der Waals surface area contributed by atoms with Crippen molar-refractivity contribution in [3.8, 4) is 11.6 Å². The van der Waals surface area contributed by atoms with Crippen LogP contribution in [0.15, 0.2) is 42.6 Å². The van der Waals surface area contributed by atoms with Crippen LogP contribution < -0.4 is 20.1 Å². The third-order valence-electron chi connectivity index (χ3n) is 3.72. The Morgan fingerprint density at radius 2 is 2.00 bits per heavy atom. The number of amides is 2. The number of unbranched alkanes of at least 4 members (excludes halogenated alkanes) is 1. The van der Waals surface area contributed by atoms with Crippen LogP contribution in [0.2, 0.25) is 0 Å². The average Bonchev–Trinajstić information content (AvgIpc) is 2.67. The van der Waals surface area contributed by atoms with Crippen LogP contribution >= 0.6 is 0 Å². The molecule has 0 aliphatic rings. The summed E-state index contributed by atoms with van der Waals surface area (Å²) in [5.41, 5.74) is 0.818. The molecule has 0 fully saturated rings. The standard InChI is InChI=1S/C20H26FN3O3/c1-3-4-12-26-19-16(6-5-11-22-19)13-23-20(25)24-15(2)14-27-18-9-7-17(21)8-10-18/h5-11,15H,3-4,12-14H2,1-2H3,(H2,23,24,25). The molecule has 27 heavy (non-hydrogen) atoms. The van der Waals surface area contributed by atoms with Crippen molar-refractivity contribution in [1.82, 2.24) is 15.6 Å². The van der Waals surface area contributed by atoms with Gasteiger partial charge in [-0.05, 0) is 43.7 Å². The third-order valence-corrected chi connectivity index (χ3v) is 3.72. The Kier molecular flexibility index (Phi) is 8.35. The summed E-state index contributed by atoms with van der Waals surface area (Å²) >= 11 is 0. The lowest BCUT2D eigenvalue weighted by atomic mass is 10.2. The molecule has 0 radical (unpaired) electrons. The van der Waals surface area contributed by atoms with E-state index in [9.17, 15) is 9.18 Å². The van der Waals surface area contributed by atoms with Crippen molar-refractivity contribution in [3.63, 3.8) is 0 Å². The van der Waals surface area contributed by atoms with Gasteiger partial charge in [-0.2, -0.15) is 0 Å². The number of rotatable bonds is 10. The van der Waals surface area contributed by atoms with Crippen molar-refractivity contribution in [3.05, 3.63) is 54.0 Å². The highest BCUT2D eigenvalue weighted by Crippen LogP contribution is 2.14. The minimum Gasteiger partial charge on any atom is -0.491 e. The lowest BCUT2D eigenvalue weighted by Crippen LogP contribution is -2.43. The summed E-state index contributed by atoms with van der Waals surface area (Å²) in [6.45, 7) is 5.11. The second-order valence-electron chi connectivity index (χ2n) is 6.16. The zero-order valence-corrected chi connectivity index (χ0v) is 15.7. The number of nitrogens with one attached hydrogen (secondary N) is 2. The van der Waals surface area contributed by atoms with Crippen LogP contribution in [0.4, 0.5) is 9.18 Å². The number of ether oxygens (including phenoxy) is 2. The van der Waals surface area contributed by atoms with Crippen molar-refractivity contribution in [2.75, 3.05) is 13.2 Å². The highest BCUT2D eigenvalue weighted by molar-refractivity contribution is 5.74. The van der Waals surface area contributed by atoms with Crippen LogP contribution in [-0.4, -0.2) is 30.3 Å². The molecule has 0 saturated heterocycles. The Morgan fingerprint density at radius 1 is 1.22 bits per heavy atom. The van der Waals surface area contributed by atoms with Crippen molar-refractivity contribution in [2.45, 2.75) is 39.3 Å². The minimum absolute atomic E-state index is 0.218. The molecule has 7 heteroatoms. The van der Waals surface area contributed by atoms with E-state index in [1.54, 1.807) is 24.4 Å². The van der Waals surface area contributed by atoms with Crippen molar-refractivity contribution in [1.29, 1.82) is 0 Å². The Labute approximate surface area is 159 Å². The molecule has 0 bridgehead atoms. The molecule has 1 unspecified atom stereocenters. The van der Waals surface area contributed by atoms with Gasteiger partial charge in [0.05, 0.1) is 12.6 Å². The van der Waals surface area contributed by atoms with Gasteiger partial charge in [-0.1, -0.05) is 19.4 Å². The number of carbonyl (C=O) groups is 1. The van der Waals surface area contributed by atoms with E-state index < -0.39 is 0 Å². The highest BCUT2D eigenvalue weighted by atomic mass is 19.1. The fourth-order valence-corrected chi connectivity index (χ4v) is 2.25. The summed E-state index contributed by atoms with van der Waals surface area (Å²) < 4.78 is 24.0. The number of pyridine rings is 1. The summed E-state index contributed by atoms with van der Waals surface area (Å²) in [6, 6.07) is 8.89. The number of nitrogens with zero attached hydrogens (tertiary/aromatic N) is 1. The van der Waals surface area contributed by atoms with Crippen molar-refractivity contribution >= 4 is 6.03 Å². The van der Waals surface area contributed by atoms with Gasteiger partial charge < -0.3 is 20.1 Å². The summed E-state index contributed by atoms with van der Waals surface area (Å²) in [5, 5.41) is 5.58. The number of urea groups is 1. The topological polar surface area (TPSA) is 72.5 Å². The van der Waals surface area contributed by atoms with E-state index in [-0.39, 0.29) is 24.5 Å². The molecule has 1 aromatic heterocycles. The molecule has 0 aliphatic heterocycles. The first-order valence-electron chi connectivity index (χ1n) is 9.08. The molecule has 1 heterocycles. The summed E-state index contributed by atoms with van der Waals surface area (Å²) in [5.74, 6) is 0.773. The third kappa shape index (κ3) is 7.52. The Balaban J connectivity index is 1.74. The van der Waals surface area contributed by atoms with Gasteiger partial charge in [-0.25, -0.2) is 14.2 Å². The molecule has 6 nitrogen and oxygen atoms in total. The first-order valence-corrected chi connectivity index (χ1v) is 9.08. The van der Waals surface area contributed by atoms with Gasteiger partial charge in [0, 0.05) is 18.3 Å². The quantitative estimate of drug-likeness (QED) is 0.622. The summed E-state index contributed by atoms with van der Waals surface area (Å²) in [6.07, 6.45) is 3.66. The molecular formula is C20H26FN3O3. The van der Waals surface area contributed by atoms with Crippen LogP contribution in [-0.2, 0) is 6.54 Å². The predicted molar refractivity (Wildman–Crippen MR) is 101 cm³/mol. The Morgan fingerprint density at radius 3 is 2.74 bits per heavy atom. The van der Waals surface area contributed by atoms with Gasteiger partial charge >= 0.3 is 6.03 Å². The van der Waals surface area contributed by atoms with E-state index in [0.717, 1.165) is 18.4 Å². The second kappa shape index (κ2) is 11.0. The largest absolute Gasteiger partial charge is 0.491 e. The van der Waals surface area contributed by atoms with Crippen LogP contribution in [0, 0.1) is 5.82 Å². The normalized spacial score (nSPS) is 11.5. The van der Waals surface area contributed by atoms with E-state index in [2.05, 4.69) is 22.5 Å². The van der Waals surface area contributed by atoms with Gasteiger partial charge in [-0.3, -0.25) is 0 Å². The van der Waals surface area contributed by atoms with E-state index in [1.165, 1.54) is 12.1 Å². The molecule has 1 aromatic carbocycles. The molecule has 2 N–H and O–H groups in total. The van der Waals surface area contributed by atoms with Gasteiger partial charge in [0.1, 0.15) is 18.2 Å². The number of halogens is 1. The number of carbonyl (C=O) groups excluding carboxylic acids is 1. The monoisotopic (exact) mass is 375 g/mol. The number of benzene rings is 1. The molecule has 0 aliphatic carbocycles. The number of aromatic nitrogens is 1. The lowest BCUT2D eigenvalue weighted by molar-refractivity contribution is 0.226. The maximum absolute atomic E-state index is 12.9. The second-order valence-corrected chi connectivity index (χ2v) is 6.16. The summed E-state index contributed by atoms with van der Waals surface area (Å²) in [4.78, 5) is 16.3. The smallest absolute Gasteiger partial charge is 0.315 e. The molecule has 2 rings (SSSR count). The van der Waals surface area contributed by atoms with E-state index in [1.807, 2.05) is 13.0 Å².